The maximum atomic E-state index is 12.1. The Hall–Kier alpha value is -1.69. The molecule has 116 valence electrons. The second-order valence-electron chi connectivity index (χ2n) is 6.00. The fourth-order valence-electron chi connectivity index (χ4n) is 2.22. The minimum Gasteiger partial charge on any atom is -0.462 e. The molecule has 0 amide bonds. The van der Waals surface area contributed by atoms with E-state index in [-0.39, 0.29) is 11.4 Å². The topological polar surface area (TPSA) is 64.5 Å². The Kier molecular flexibility index (Phi) is 4.77. The second kappa shape index (κ2) is 6.39. The van der Waals surface area contributed by atoms with Gasteiger partial charge in [0.15, 0.2) is 0 Å². The van der Waals surface area contributed by atoms with Crippen LogP contribution in [-0.2, 0) is 14.9 Å². The summed E-state index contributed by atoms with van der Waals surface area (Å²) in [6, 6.07) is 0. The van der Waals surface area contributed by atoms with Gasteiger partial charge in [-0.25, -0.2) is 14.8 Å². The van der Waals surface area contributed by atoms with Crippen molar-refractivity contribution >= 4 is 11.9 Å². The van der Waals surface area contributed by atoms with Crippen LogP contribution < -0.4 is 4.90 Å². The third kappa shape index (κ3) is 3.69. The molecule has 1 saturated heterocycles. The summed E-state index contributed by atoms with van der Waals surface area (Å²) in [5, 5.41) is 0. The average molecular weight is 293 g/mol. The van der Waals surface area contributed by atoms with Gasteiger partial charge in [-0.3, -0.25) is 0 Å². The molecule has 21 heavy (non-hydrogen) atoms. The van der Waals surface area contributed by atoms with Crippen molar-refractivity contribution in [3.8, 4) is 0 Å². The maximum Gasteiger partial charge on any atom is 0.341 e. The number of carbonyl (C=O) groups is 1. The molecule has 1 aliphatic heterocycles. The molecule has 0 atom stereocenters. The van der Waals surface area contributed by atoms with E-state index < -0.39 is 0 Å². The third-order valence-corrected chi connectivity index (χ3v) is 3.28. The zero-order valence-electron chi connectivity index (χ0n) is 13.2. The van der Waals surface area contributed by atoms with Crippen molar-refractivity contribution < 1.29 is 14.3 Å². The normalized spacial score (nSPS) is 15.9. The van der Waals surface area contributed by atoms with Gasteiger partial charge in [0.05, 0.1) is 25.5 Å². The average Bonchev–Trinajstić information content (AvgIpc) is 2.47. The lowest BCUT2D eigenvalue weighted by Crippen LogP contribution is -2.38. The first kappa shape index (κ1) is 15.7. The fourth-order valence-corrected chi connectivity index (χ4v) is 2.22. The van der Waals surface area contributed by atoms with Crippen molar-refractivity contribution in [1.29, 1.82) is 0 Å². The number of anilines is 1. The molecule has 0 spiro atoms. The van der Waals surface area contributed by atoms with Crippen LogP contribution in [0.5, 0.6) is 0 Å². The van der Waals surface area contributed by atoms with Gasteiger partial charge in [-0.1, -0.05) is 20.8 Å². The van der Waals surface area contributed by atoms with Crippen molar-refractivity contribution in [3.63, 3.8) is 0 Å². The van der Waals surface area contributed by atoms with Crippen molar-refractivity contribution in [2.75, 3.05) is 37.8 Å². The zero-order chi connectivity index (χ0) is 15.5. The van der Waals surface area contributed by atoms with Gasteiger partial charge < -0.3 is 14.4 Å². The van der Waals surface area contributed by atoms with Crippen molar-refractivity contribution in [1.82, 2.24) is 9.97 Å². The molecule has 0 saturated carbocycles. The highest BCUT2D eigenvalue weighted by molar-refractivity contribution is 5.90. The lowest BCUT2D eigenvalue weighted by molar-refractivity contribution is 0.0522. The predicted octanol–water partition coefficient (Wildman–Crippen LogP) is 1.79. The number of aromatic nitrogens is 2. The van der Waals surface area contributed by atoms with E-state index in [0.717, 1.165) is 18.8 Å². The number of rotatable bonds is 3. The van der Waals surface area contributed by atoms with Gasteiger partial charge >= 0.3 is 5.97 Å². The number of carbonyl (C=O) groups excluding carboxylic acids is 1. The van der Waals surface area contributed by atoms with Gasteiger partial charge in [-0.05, 0) is 6.92 Å². The van der Waals surface area contributed by atoms with Crippen LogP contribution in [0, 0.1) is 0 Å². The van der Waals surface area contributed by atoms with Gasteiger partial charge in [-0.2, -0.15) is 0 Å². The summed E-state index contributed by atoms with van der Waals surface area (Å²) in [7, 11) is 0. The summed E-state index contributed by atoms with van der Waals surface area (Å²) in [4.78, 5) is 23.1. The molecule has 6 nitrogen and oxygen atoms in total. The van der Waals surface area contributed by atoms with Gasteiger partial charge in [-0.15, -0.1) is 0 Å². The number of esters is 1. The molecule has 0 aromatic carbocycles. The summed E-state index contributed by atoms with van der Waals surface area (Å²) in [5.41, 5.74) is 0.908. The van der Waals surface area contributed by atoms with E-state index in [1.165, 1.54) is 0 Å². The quantitative estimate of drug-likeness (QED) is 0.792. The minimum absolute atomic E-state index is 0.258. The Balaban J connectivity index is 2.37. The smallest absolute Gasteiger partial charge is 0.341 e. The Bertz CT molecular complexity index is 505. The summed E-state index contributed by atoms with van der Waals surface area (Å²) in [5.74, 6) is 0.284. The van der Waals surface area contributed by atoms with Crippen molar-refractivity contribution in [3.05, 3.63) is 17.5 Å². The number of morpholine rings is 1. The van der Waals surface area contributed by atoms with E-state index in [0.29, 0.717) is 31.3 Å². The Morgan fingerprint density at radius 3 is 2.62 bits per heavy atom. The molecule has 1 fully saturated rings. The SMILES string of the molecule is CCOC(=O)c1cnc(N2CCOCC2)nc1C(C)(C)C. The first-order valence-corrected chi connectivity index (χ1v) is 7.31. The monoisotopic (exact) mass is 293 g/mol. The van der Waals surface area contributed by atoms with Crippen LogP contribution in [0.4, 0.5) is 5.95 Å². The third-order valence-electron chi connectivity index (χ3n) is 3.28. The molecule has 0 N–H and O–H groups in total. The van der Waals surface area contributed by atoms with E-state index in [9.17, 15) is 4.79 Å². The summed E-state index contributed by atoms with van der Waals surface area (Å²) < 4.78 is 10.4. The molecule has 0 bridgehead atoms. The van der Waals surface area contributed by atoms with Crippen LogP contribution in [0.2, 0.25) is 0 Å². The number of nitrogens with zero attached hydrogens (tertiary/aromatic N) is 3. The molecule has 0 unspecified atom stereocenters. The van der Waals surface area contributed by atoms with Crippen molar-refractivity contribution in [2.45, 2.75) is 33.1 Å². The van der Waals surface area contributed by atoms with Crippen LogP contribution in [0.15, 0.2) is 6.20 Å². The first-order chi connectivity index (χ1) is 9.93. The Labute approximate surface area is 125 Å². The maximum absolute atomic E-state index is 12.1. The van der Waals surface area contributed by atoms with Crippen LogP contribution in [0.3, 0.4) is 0 Å². The predicted molar refractivity (Wildman–Crippen MR) is 79.7 cm³/mol. The first-order valence-electron chi connectivity index (χ1n) is 7.31. The van der Waals surface area contributed by atoms with E-state index in [2.05, 4.69) is 14.9 Å². The molecular weight excluding hydrogens is 270 g/mol. The van der Waals surface area contributed by atoms with Crippen LogP contribution in [0.1, 0.15) is 43.7 Å². The highest BCUT2D eigenvalue weighted by atomic mass is 16.5. The zero-order valence-corrected chi connectivity index (χ0v) is 13.2. The summed E-state index contributed by atoms with van der Waals surface area (Å²) in [6.45, 7) is 11.1. The largest absolute Gasteiger partial charge is 0.462 e. The molecule has 2 rings (SSSR count). The van der Waals surface area contributed by atoms with E-state index in [1.54, 1.807) is 13.1 Å². The summed E-state index contributed by atoms with van der Waals surface area (Å²) >= 11 is 0. The molecule has 1 aromatic rings. The van der Waals surface area contributed by atoms with E-state index >= 15 is 0 Å². The standard InChI is InChI=1S/C15H23N3O3/c1-5-21-13(19)11-10-16-14(17-12(11)15(2,3)4)18-6-8-20-9-7-18/h10H,5-9H2,1-4H3. The lowest BCUT2D eigenvalue weighted by Gasteiger charge is -2.28. The molecule has 0 radical (unpaired) electrons. The fraction of sp³-hybridized carbons (Fsp3) is 0.667. The van der Waals surface area contributed by atoms with Crippen LogP contribution in [0.25, 0.3) is 0 Å². The molecule has 6 heteroatoms. The summed E-state index contributed by atoms with van der Waals surface area (Å²) in [6.07, 6.45) is 1.58. The van der Waals surface area contributed by atoms with E-state index in [1.807, 2.05) is 20.8 Å². The Morgan fingerprint density at radius 1 is 1.38 bits per heavy atom. The second-order valence-corrected chi connectivity index (χ2v) is 6.00. The number of hydrogen-bond acceptors (Lipinski definition) is 6. The highest BCUT2D eigenvalue weighted by Gasteiger charge is 2.27. The lowest BCUT2D eigenvalue weighted by atomic mass is 9.89. The molecule has 1 aliphatic rings. The van der Waals surface area contributed by atoms with Gasteiger partial charge in [0, 0.05) is 24.7 Å². The molecule has 1 aromatic heterocycles. The Morgan fingerprint density at radius 2 is 2.05 bits per heavy atom. The minimum atomic E-state index is -0.365. The van der Waals surface area contributed by atoms with Gasteiger partial charge in [0.2, 0.25) is 5.95 Å². The highest BCUT2D eigenvalue weighted by Crippen LogP contribution is 2.26. The number of ether oxygens (including phenoxy) is 2. The van der Waals surface area contributed by atoms with E-state index in [4.69, 9.17) is 9.47 Å². The van der Waals surface area contributed by atoms with Crippen LogP contribution >= 0.6 is 0 Å². The molecule has 0 aliphatic carbocycles. The van der Waals surface area contributed by atoms with Gasteiger partial charge in [0.25, 0.3) is 0 Å². The van der Waals surface area contributed by atoms with Crippen LogP contribution in [-0.4, -0.2) is 48.8 Å². The van der Waals surface area contributed by atoms with Crippen molar-refractivity contribution in [2.24, 2.45) is 0 Å². The molecular formula is C15H23N3O3. The number of hydrogen-bond donors (Lipinski definition) is 0. The molecule has 2 heterocycles. The van der Waals surface area contributed by atoms with Gasteiger partial charge in [0.1, 0.15) is 5.56 Å².